The molecule has 5 nitrogen and oxygen atoms in total. The summed E-state index contributed by atoms with van der Waals surface area (Å²) >= 11 is 1.28. The molecular formula is C16H21BrN2O3S. The van der Waals surface area contributed by atoms with Gasteiger partial charge in [-0.15, -0.1) is 23.6 Å². The molecule has 0 fully saturated rings. The molecule has 0 unspecified atom stereocenters. The van der Waals surface area contributed by atoms with Gasteiger partial charge in [-0.25, -0.2) is 4.79 Å². The zero-order valence-electron chi connectivity index (χ0n) is 13.2. The summed E-state index contributed by atoms with van der Waals surface area (Å²) in [5.74, 6) is 0.748. The Balaban J connectivity index is 0.00000484. The highest BCUT2D eigenvalue weighted by Gasteiger charge is 2.11. The third kappa shape index (κ3) is 7.90. The molecular weight excluding hydrogens is 380 g/mol. The first-order chi connectivity index (χ1) is 10.6. The van der Waals surface area contributed by atoms with Crippen molar-refractivity contribution in [3.8, 4) is 5.75 Å². The highest BCUT2D eigenvalue weighted by Crippen LogP contribution is 2.17. The quantitative estimate of drug-likeness (QED) is 0.250. The Labute approximate surface area is 151 Å². The molecule has 1 rings (SSSR count). The molecule has 0 aliphatic heterocycles. The van der Waals surface area contributed by atoms with Gasteiger partial charge in [-0.3, -0.25) is 4.99 Å². The number of rotatable bonds is 7. The number of carbonyl (C=O) groups excluding carboxylic acids is 1. The number of ether oxygens (including phenoxy) is 2. The van der Waals surface area contributed by atoms with E-state index < -0.39 is 0 Å². The predicted octanol–water partition coefficient (Wildman–Crippen LogP) is 3.06. The lowest BCUT2D eigenvalue weighted by Gasteiger charge is -2.06. The van der Waals surface area contributed by atoms with E-state index in [0.717, 1.165) is 11.3 Å². The van der Waals surface area contributed by atoms with E-state index in [9.17, 15) is 4.79 Å². The highest BCUT2D eigenvalue weighted by molar-refractivity contribution is 8.93. The van der Waals surface area contributed by atoms with Crippen LogP contribution in [0.5, 0.6) is 5.75 Å². The second-order valence-electron chi connectivity index (χ2n) is 4.19. The van der Waals surface area contributed by atoms with Gasteiger partial charge < -0.3 is 15.2 Å². The minimum absolute atomic E-state index is 0. The summed E-state index contributed by atoms with van der Waals surface area (Å²) in [4.78, 5) is 15.9. The Hall–Kier alpha value is -1.73. The van der Waals surface area contributed by atoms with Crippen LogP contribution in [0.25, 0.3) is 6.08 Å². The summed E-state index contributed by atoms with van der Waals surface area (Å²) in [7, 11) is 2.96. The Bertz CT molecular complexity index is 571. The van der Waals surface area contributed by atoms with E-state index >= 15 is 0 Å². The van der Waals surface area contributed by atoms with Gasteiger partial charge in [0.2, 0.25) is 0 Å². The maximum Gasteiger partial charge on any atom is 0.334 e. The van der Waals surface area contributed by atoms with Crippen molar-refractivity contribution in [1.29, 1.82) is 0 Å². The Morgan fingerprint density at radius 3 is 2.52 bits per heavy atom. The van der Waals surface area contributed by atoms with E-state index in [1.807, 2.05) is 24.3 Å². The molecule has 1 aromatic rings. The number of aliphatic imine (C=N–C) groups is 1. The molecule has 126 valence electrons. The minimum atomic E-state index is -0.389. The van der Waals surface area contributed by atoms with Crippen LogP contribution in [0.1, 0.15) is 5.56 Å². The van der Waals surface area contributed by atoms with Crippen LogP contribution in [0.3, 0.4) is 0 Å². The van der Waals surface area contributed by atoms with Gasteiger partial charge in [-0.2, -0.15) is 0 Å². The van der Waals surface area contributed by atoms with Crippen molar-refractivity contribution in [2.24, 2.45) is 10.7 Å². The van der Waals surface area contributed by atoms with Crippen LogP contribution in [-0.4, -0.2) is 37.7 Å². The molecule has 0 saturated carbocycles. The Morgan fingerprint density at radius 2 is 2.00 bits per heavy atom. The van der Waals surface area contributed by atoms with E-state index in [1.54, 1.807) is 19.3 Å². The first-order valence-electron chi connectivity index (χ1n) is 6.57. The summed E-state index contributed by atoms with van der Waals surface area (Å²) in [6.45, 7) is 4.02. The van der Waals surface area contributed by atoms with Crippen LogP contribution in [0, 0.1) is 0 Å². The third-order valence-corrected chi connectivity index (χ3v) is 3.54. The zero-order chi connectivity index (χ0) is 16.4. The molecule has 2 N–H and O–H groups in total. The van der Waals surface area contributed by atoms with Crippen molar-refractivity contribution in [1.82, 2.24) is 0 Å². The fourth-order valence-electron chi connectivity index (χ4n) is 1.54. The monoisotopic (exact) mass is 400 g/mol. The number of amidine groups is 1. The smallest absolute Gasteiger partial charge is 0.334 e. The third-order valence-electron chi connectivity index (χ3n) is 2.66. The summed E-state index contributed by atoms with van der Waals surface area (Å²) in [6, 6.07) is 7.38. The standard InChI is InChI=1S/C16H20N2O3S.BrH/c1-4-9-18-16(17)22-11-13(15(19)21-3)10-12-5-7-14(20-2)8-6-12;/h4-8,10H,1,9,11H2,2-3H3,(H2,17,18);1H/b13-10+;. The number of hydrogen-bond acceptors (Lipinski definition) is 5. The molecule has 7 heteroatoms. The van der Waals surface area contributed by atoms with Gasteiger partial charge in [0, 0.05) is 11.3 Å². The number of esters is 1. The summed E-state index contributed by atoms with van der Waals surface area (Å²) in [5.41, 5.74) is 7.14. The van der Waals surface area contributed by atoms with E-state index in [1.165, 1.54) is 18.9 Å². The van der Waals surface area contributed by atoms with E-state index in [-0.39, 0.29) is 23.0 Å². The van der Waals surface area contributed by atoms with Crippen molar-refractivity contribution < 1.29 is 14.3 Å². The first-order valence-corrected chi connectivity index (χ1v) is 7.55. The molecule has 0 radical (unpaired) electrons. The molecule has 23 heavy (non-hydrogen) atoms. The van der Waals surface area contributed by atoms with Gasteiger partial charge in [-0.05, 0) is 23.8 Å². The number of carbonyl (C=O) groups is 1. The molecule has 0 heterocycles. The molecule has 0 amide bonds. The lowest BCUT2D eigenvalue weighted by molar-refractivity contribution is -0.135. The number of hydrogen-bond donors (Lipinski definition) is 1. The zero-order valence-corrected chi connectivity index (χ0v) is 15.7. The maximum absolute atomic E-state index is 11.8. The van der Waals surface area contributed by atoms with Crippen LogP contribution >= 0.6 is 28.7 Å². The van der Waals surface area contributed by atoms with Gasteiger partial charge in [0.05, 0.1) is 20.8 Å². The van der Waals surface area contributed by atoms with Gasteiger partial charge in [-0.1, -0.05) is 30.0 Å². The SMILES string of the molecule is Br.C=CCN=C(N)SC/C(=C\c1ccc(OC)cc1)C(=O)OC. The minimum Gasteiger partial charge on any atom is -0.497 e. The van der Waals surface area contributed by atoms with Crippen LogP contribution in [0.2, 0.25) is 0 Å². The van der Waals surface area contributed by atoms with Crippen molar-refractivity contribution in [2.75, 3.05) is 26.5 Å². The second-order valence-corrected chi connectivity index (χ2v) is 5.19. The average Bonchev–Trinajstić information content (AvgIpc) is 2.56. The number of nitrogens with zero attached hydrogens (tertiary/aromatic N) is 1. The van der Waals surface area contributed by atoms with Crippen LogP contribution in [-0.2, 0) is 9.53 Å². The second kappa shape index (κ2) is 11.8. The predicted molar refractivity (Wildman–Crippen MR) is 102 cm³/mol. The van der Waals surface area contributed by atoms with E-state index in [0.29, 0.717) is 23.0 Å². The molecule has 0 aliphatic rings. The lowest BCUT2D eigenvalue weighted by Crippen LogP contribution is -2.12. The van der Waals surface area contributed by atoms with Crippen LogP contribution < -0.4 is 10.5 Å². The van der Waals surface area contributed by atoms with Crippen LogP contribution in [0.15, 0.2) is 47.5 Å². The Kier molecular flexibility index (Phi) is 10.9. The number of halogens is 1. The Morgan fingerprint density at radius 1 is 1.35 bits per heavy atom. The molecule has 0 saturated heterocycles. The number of nitrogens with two attached hydrogens (primary N) is 1. The van der Waals surface area contributed by atoms with Gasteiger partial charge in [0.25, 0.3) is 0 Å². The van der Waals surface area contributed by atoms with Gasteiger partial charge >= 0.3 is 5.97 Å². The molecule has 0 aromatic heterocycles. The van der Waals surface area contributed by atoms with Crippen molar-refractivity contribution >= 4 is 46.0 Å². The highest BCUT2D eigenvalue weighted by atomic mass is 79.9. The first kappa shape index (κ1) is 21.3. The average molecular weight is 401 g/mol. The summed E-state index contributed by atoms with van der Waals surface area (Å²) in [5, 5.41) is 0.407. The number of methoxy groups -OCH3 is 2. The largest absolute Gasteiger partial charge is 0.497 e. The normalized spacial score (nSPS) is 11.4. The van der Waals surface area contributed by atoms with Crippen molar-refractivity contribution in [2.45, 2.75) is 0 Å². The fourth-order valence-corrected chi connectivity index (χ4v) is 2.21. The van der Waals surface area contributed by atoms with Crippen LogP contribution in [0.4, 0.5) is 0 Å². The molecule has 0 aliphatic carbocycles. The van der Waals surface area contributed by atoms with Gasteiger partial charge in [0.1, 0.15) is 5.75 Å². The number of thioether (sulfide) groups is 1. The van der Waals surface area contributed by atoms with E-state index in [2.05, 4.69) is 11.6 Å². The topological polar surface area (TPSA) is 73.9 Å². The van der Waals surface area contributed by atoms with Crippen molar-refractivity contribution in [3.63, 3.8) is 0 Å². The molecule has 0 spiro atoms. The summed E-state index contributed by atoms with van der Waals surface area (Å²) < 4.78 is 9.90. The maximum atomic E-state index is 11.8. The molecule has 0 atom stereocenters. The molecule has 0 bridgehead atoms. The van der Waals surface area contributed by atoms with Gasteiger partial charge in [0.15, 0.2) is 5.17 Å². The molecule has 1 aromatic carbocycles. The van der Waals surface area contributed by atoms with Crippen molar-refractivity contribution in [3.05, 3.63) is 48.1 Å². The lowest BCUT2D eigenvalue weighted by atomic mass is 10.1. The van der Waals surface area contributed by atoms with E-state index in [4.69, 9.17) is 15.2 Å². The number of benzene rings is 1. The fraction of sp³-hybridized carbons (Fsp3) is 0.250. The summed E-state index contributed by atoms with van der Waals surface area (Å²) in [6.07, 6.45) is 3.42.